The number of benzene rings is 2. The van der Waals surface area contributed by atoms with Crippen molar-refractivity contribution in [3.05, 3.63) is 83.1 Å². The third kappa shape index (κ3) is 7.54. The number of hydrogen-bond acceptors (Lipinski definition) is 8. The topological polar surface area (TPSA) is 101 Å². The minimum absolute atomic E-state index is 0.0875. The first-order valence-corrected chi connectivity index (χ1v) is 12.0. The van der Waals surface area contributed by atoms with Crippen LogP contribution in [0.15, 0.2) is 66.9 Å². The van der Waals surface area contributed by atoms with E-state index in [0.29, 0.717) is 10.8 Å². The third-order valence-corrected chi connectivity index (χ3v) is 5.64. The minimum Gasteiger partial charge on any atom is -0.493 e. The van der Waals surface area contributed by atoms with E-state index < -0.39 is 35.8 Å². The highest BCUT2D eigenvalue weighted by molar-refractivity contribution is 6.30. The number of aromatic nitrogens is 1. The van der Waals surface area contributed by atoms with Gasteiger partial charge in [-0.05, 0) is 30.7 Å². The van der Waals surface area contributed by atoms with Crippen molar-refractivity contribution in [2.75, 3.05) is 7.11 Å². The summed E-state index contributed by atoms with van der Waals surface area (Å²) in [7, 11) is 1.38. The molecule has 0 fully saturated rings. The molecule has 0 N–H and O–H groups in total. The molecule has 0 aliphatic heterocycles. The molecule has 3 aromatic rings. The molecule has 0 aliphatic rings. The number of halogens is 1. The maximum atomic E-state index is 13.0. The summed E-state index contributed by atoms with van der Waals surface area (Å²) < 4.78 is 22.2. The van der Waals surface area contributed by atoms with E-state index >= 15 is 0 Å². The van der Waals surface area contributed by atoms with Gasteiger partial charge in [-0.15, -0.1) is 0 Å². The lowest BCUT2D eigenvalue weighted by molar-refractivity contribution is -0.157. The van der Waals surface area contributed by atoms with Crippen LogP contribution in [-0.2, 0) is 14.3 Å². The van der Waals surface area contributed by atoms with Crippen molar-refractivity contribution < 1.29 is 33.3 Å². The molecule has 3 rings (SSSR count). The maximum absolute atomic E-state index is 13.0. The van der Waals surface area contributed by atoms with Crippen LogP contribution < -0.4 is 14.2 Å². The monoisotopic (exact) mass is 525 g/mol. The number of ether oxygens (including phenoxy) is 4. The fraction of sp³-hybridized carbons (Fsp3) is 0.286. The maximum Gasteiger partial charge on any atom is 0.309 e. The van der Waals surface area contributed by atoms with Crippen LogP contribution in [0.3, 0.4) is 0 Å². The predicted octanol–water partition coefficient (Wildman–Crippen LogP) is 5.63. The molecule has 194 valence electrons. The van der Waals surface area contributed by atoms with E-state index in [1.54, 1.807) is 38.1 Å². The number of carbonyl (C=O) groups is 3. The Balaban J connectivity index is 1.74. The number of ketones is 1. The van der Waals surface area contributed by atoms with Gasteiger partial charge in [0.15, 0.2) is 23.3 Å². The summed E-state index contributed by atoms with van der Waals surface area (Å²) in [5.74, 6) is -1.91. The molecule has 9 heteroatoms. The zero-order chi connectivity index (χ0) is 26.9. The summed E-state index contributed by atoms with van der Waals surface area (Å²) in [5.41, 5.74) is 0.701. The number of Topliss-reactive ketones (excluding diaryl/α,β-unsaturated/α-hetero) is 1. The summed E-state index contributed by atoms with van der Waals surface area (Å²) in [5, 5.41) is 0.514. The van der Waals surface area contributed by atoms with E-state index in [1.165, 1.54) is 26.3 Å². The lowest BCUT2D eigenvalue weighted by Crippen LogP contribution is -2.30. The summed E-state index contributed by atoms with van der Waals surface area (Å²) in [6.45, 7) is 4.50. The van der Waals surface area contributed by atoms with Crippen LogP contribution in [-0.4, -0.2) is 35.9 Å². The van der Waals surface area contributed by atoms with Crippen molar-refractivity contribution in [1.29, 1.82) is 0 Å². The molecular formula is C28H28ClNO7. The molecule has 0 saturated heterocycles. The first-order valence-electron chi connectivity index (χ1n) is 11.6. The lowest BCUT2D eigenvalue weighted by Gasteiger charge is -2.26. The highest BCUT2D eigenvalue weighted by Gasteiger charge is 2.29. The zero-order valence-electron chi connectivity index (χ0n) is 21.0. The number of rotatable bonds is 11. The summed E-state index contributed by atoms with van der Waals surface area (Å²) in [6, 6.07) is 17.8. The molecule has 1 aromatic heterocycles. The number of esters is 2. The van der Waals surface area contributed by atoms with Crippen molar-refractivity contribution in [1.82, 2.24) is 4.98 Å². The molecule has 0 saturated carbocycles. The molecule has 3 atom stereocenters. The zero-order valence-corrected chi connectivity index (χ0v) is 21.7. The van der Waals surface area contributed by atoms with Crippen LogP contribution in [0.4, 0.5) is 0 Å². The van der Waals surface area contributed by atoms with Crippen LogP contribution >= 0.6 is 11.6 Å². The summed E-state index contributed by atoms with van der Waals surface area (Å²) >= 11 is 6.10. The average molecular weight is 526 g/mol. The second kappa shape index (κ2) is 12.9. The molecule has 8 nitrogen and oxygen atoms in total. The van der Waals surface area contributed by atoms with Crippen molar-refractivity contribution >= 4 is 29.3 Å². The first kappa shape index (κ1) is 27.7. The number of hydrogen-bond donors (Lipinski definition) is 0. The van der Waals surface area contributed by atoms with Crippen molar-refractivity contribution in [2.24, 2.45) is 5.92 Å². The van der Waals surface area contributed by atoms with Crippen LogP contribution in [0.5, 0.6) is 17.2 Å². The second-order valence-corrected chi connectivity index (χ2v) is 8.80. The Labute approximate surface area is 220 Å². The molecule has 0 aliphatic carbocycles. The van der Waals surface area contributed by atoms with Gasteiger partial charge in [0.1, 0.15) is 11.9 Å². The standard InChI is InChI=1S/C28H28ClNO7/c1-17(15-23(32)25-27(36-19(3)31)24(34-4)13-14-30-25)28(33)35-18(2)26(20-9-6-5-7-10-20)37-22-12-8-11-21(29)16-22/h5-14,16-18,26H,15H2,1-4H3/t17-,18+,26+/m1/s1. The lowest BCUT2D eigenvalue weighted by atomic mass is 10.0. The fourth-order valence-corrected chi connectivity index (χ4v) is 3.80. The Morgan fingerprint density at radius 2 is 1.73 bits per heavy atom. The molecule has 0 bridgehead atoms. The van der Waals surface area contributed by atoms with Crippen LogP contribution in [0.25, 0.3) is 0 Å². The number of methoxy groups -OCH3 is 1. The van der Waals surface area contributed by atoms with Gasteiger partial charge < -0.3 is 18.9 Å². The molecule has 2 aromatic carbocycles. The number of carbonyl (C=O) groups excluding carboxylic acids is 3. The molecular weight excluding hydrogens is 498 g/mol. The van der Waals surface area contributed by atoms with Gasteiger partial charge in [0.2, 0.25) is 5.75 Å². The van der Waals surface area contributed by atoms with Crippen molar-refractivity contribution in [2.45, 2.75) is 39.4 Å². The SMILES string of the molecule is COc1ccnc(C(=O)C[C@@H](C)C(=O)O[C@@H](C)[C@H](Oc2cccc(Cl)c2)c2ccccc2)c1OC(C)=O. The molecule has 1 heterocycles. The normalized spacial score (nSPS) is 13.1. The van der Waals surface area contributed by atoms with Crippen LogP contribution in [0.1, 0.15) is 49.3 Å². The van der Waals surface area contributed by atoms with Gasteiger partial charge in [-0.3, -0.25) is 14.4 Å². The summed E-state index contributed by atoms with van der Waals surface area (Å²) in [6.07, 6.45) is -0.174. The van der Waals surface area contributed by atoms with Gasteiger partial charge >= 0.3 is 11.9 Å². The van der Waals surface area contributed by atoms with Crippen LogP contribution in [0, 0.1) is 5.92 Å². The molecule has 0 spiro atoms. The van der Waals surface area contributed by atoms with E-state index in [2.05, 4.69) is 4.98 Å². The Hall–Kier alpha value is -3.91. The van der Waals surface area contributed by atoms with E-state index in [1.807, 2.05) is 30.3 Å². The van der Waals surface area contributed by atoms with Crippen molar-refractivity contribution in [3.8, 4) is 17.2 Å². The number of pyridine rings is 1. The molecule has 37 heavy (non-hydrogen) atoms. The molecule has 0 radical (unpaired) electrons. The average Bonchev–Trinajstić information content (AvgIpc) is 2.87. The third-order valence-electron chi connectivity index (χ3n) is 5.41. The van der Waals surface area contributed by atoms with Gasteiger partial charge in [-0.2, -0.15) is 0 Å². The summed E-state index contributed by atoms with van der Waals surface area (Å²) in [4.78, 5) is 41.5. The van der Waals surface area contributed by atoms with Crippen molar-refractivity contribution in [3.63, 3.8) is 0 Å². The highest BCUT2D eigenvalue weighted by atomic mass is 35.5. The van der Waals surface area contributed by atoms with E-state index in [0.717, 1.165) is 5.56 Å². The van der Waals surface area contributed by atoms with Gasteiger partial charge in [0, 0.05) is 30.6 Å². The number of nitrogens with zero attached hydrogens (tertiary/aromatic N) is 1. The predicted molar refractivity (Wildman–Crippen MR) is 137 cm³/mol. The fourth-order valence-electron chi connectivity index (χ4n) is 3.62. The van der Waals surface area contributed by atoms with Gasteiger partial charge in [-0.25, -0.2) is 4.98 Å². The van der Waals surface area contributed by atoms with E-state index in [-0.39, 0.29) is 23.6 Å². The quantitative estimate of drug-likeness (QED) is 0.234. The van der Waals surface area contributed by atoms with Crippen LogP contribution in [0.2, 0.25) is 5.02 Å². The van der Waals surface area contributed by atoms with Gasteiger partial charge in [0.05, 0.1) is 13.0 Å². The molecule has 0 unspecified atom stereocenters. The Morgan fingerprint density at radius 3 is 2.38 bits per heavy atom. The Morgan fingerprint density at radius 1 is 1.00 bits per heavy atom. The highest BCUT2D eigenvalue weighted by Crippen LogP contribution is 2.32. The van der Waals surface area contributed by atoms with Gasteiger partial charge in [-0.1, -0.05) is 54.9 Å². The minimum atomic E-state index is -0.810. The molecule has 0 amide bonds. The second-order valence-electron chi connectivity index (χ2n) is 8.36. The first-order chi connectivity index (χ1) is 17.7. The van der Waals surface area contributed by atoms with E-state index in [4.69, 9.17) is 30.5 Å². The Kier molecular flexibility index (Phi) is 9.63. The largest absolute Gasteiger partial charge is 0.493 e. The van der Waals surface area contributed by atoms with Gasteiger partial charge in [0.25, 0.3) is 0 Å². The van der Waals surface area contributed by atoms with E-state index in [9.17, 15) is 14.4 Å². The Bertz CT molecular complexity index is 1250. The smallest absolute Gasteiger partial charge is 0.309 e.